The van der Waals surface area contributed by atoms with E-state index in [-0.39, 0.29) is 0 Å². The van der Waals surface area contributed by atoms with E-state index in [1.54, 1.807) is 0 Å². The van der Waals surface area contributed by atoms with Crippen molar-refractivity contribution in [1.82, 2.24) is 5.32 Å². The summed E-state index contributed by atoms with van der Waals surface area (Å²) >= 11 is 0. The Bertz CT molecular complexity index is 376. The summed E-state index contributed by atoms with van der Waals surface area (Å²) in [6.45, 7) is 3.97. The molecule has 3 nitrogen and oxygen atoms in total. The van der Waals surface area contributed by atoms with Gasteiger partial charge in [-0.25, -0.2) is 0 Å². The van der Waals surface area contributed by atoms with E-state index < -0.39 is 0 Å². The van der Waals surface area contributed by atoms with Crippen LogP contribution in [0.1, 0.15) is 25.3 Å². The van der Waals surface area contributed by atoms with Gasteiger partial charge in [-0.2, -0.15) is 0 Å². The number of anilines is 1. The minimum Gasteiger partial charge on any atom is -0.380 e. The molecule has 1 aromatic carbocycles. The zero-order valence-corrected chi connectivity index (χ0v) is 11.0. The summed E-state index contributed by atoms with van der Waals surface area (Å²) in [5.74, 6) is 0. The number of para-hydroxylation sites is 1. The van der Waals surface area contributed by atoms with Crippen molar-refractivity contribution in [3.63, 3.8) is 0 Å². The van der Waals surface area contributed by atoms with Gasteiger partial charge in [-0.05, 0) is 37.8 Å². The van der Waals surface area contributed by atoms with Crippen LogP contribution in [0, 0.1) is 0 Å². The molecule has 98 valence electrons. The second-order valence-electron chi connectivity index (χ2n) is 5.36. The molecule has 1 heterocycles. The summed E-state index contributed by atoms with van der Waals surface area (Å²) in [4.78, 5) is 0. The fourth-order valence-electron chi connectivity index (χ4n) is 2.91. The van der Waals surface area contributed by atoms with Gasteiger partial charge in [-0.15, -0.1) is 0 Å². The van der Waals surface area contributed by atoms with Crippen molar-refractivity contribution in [2.75, 3.05) is 18.5 Å². The number of ether oxygens (including phenoxy) is 1. The van der Waals surface area contributed by atoms with Gasteiger partial charge < -0.3 is 15.4 Å². The number of benzene rings is 1. The highest BCUT2D eigenvalue weighted by Crippen LogP contribution is 2.26. The predicted molar refractivity (Wildman–Crippen MR) is 74.0 cm³/mol. The van der Waals surface area contributed by atoms with Crippen LogP contribution in [-0.4, -0.2) is 31.3 Å². The maximum atomic E-state index is 5.57. The molecular weight excluding hydrogens is 224 g/mol. The van der Waals surface area contributed by atoms with Gasteiger partial charge in [0.2, 0.25) is 0 Å². The van der Waals surface area contributed by atoms with Crippen molar-refractivity contribution in [1.29, 1.82) is 0 Å². The van der Waals surface area contributed by atoms with Crippen molar-refractivity contribution >= 4 is 5.69 Å². The monoisotopic (exact) mass is 246 g/mol. The molecule has 0 radical (unpaired) electrons. The first-order valence-corrected chi connectivity index (χ1v) is 7.04. The highest BCUT2D eigenvalue weighted by Gasteiger charge is 2.30. The van der Waals surface area contributed by atoms with Gasteiger partial charge in [0.25, 0.3) is 0 Å². The maximum absolute atomic E-state index is 5.57. The number of hydrogen-bond donors (Lipinski definition) is 2. The third-order valence-electron chi connectivity index (χ3n) is 3.99. The molecule has 0 saturated heterocycles. The first-order chi connectivity index (χ1) is 8.85. The van der Waals surface area contributed by atoms with E-state index >= 15 is 0 Å². The number of nitrogens with one attached hydrogen (secondary N) is 2. The van der Waals surface area contributed by atoms with Crippen LogP contribution in [0.25, 0.3) is 0 Å². The molecule has 1 atom stereocenters. The summed E-state index contributed by atoms with van der Waals surface area (Å²) in [5, 5.41) is 7.22. The van der Waals surface area contributed by atoms with Crippen LogP contribution in [0.5, 0.6) is 0 Å². The maximum Gasteiger partial charge on any atom is 0.0604 e. The molecule has 2 aliphatic rings. The third kappa shape index (κ3) is 2.52. The summed E-state index contributed by atoms with van der Waals surface area (Å²) < 4.78 is 5.57. The summed E-state index contributed by atoms with van der Waals surface area (Å²) in [6, 6.07) is 9.82. The van der Waals surface area contributed by atoms with E-state index in [0.29, 0.717) is 18.2 Å². The molecule has 3 heteroatoms. The second-order valence-corrected chi connectivity index (χ2v) is 5.36. The highest BCUT2D eigenvalue weighted by atomic mass is 16.5. The summed E-state index contributed by atoms with van der Waals surface area (Å²) in [7, 11) is 0. The molecule has 1 aliphatic heterocycles. The van der Waals surface area contributed by atoms with Gasteiger partial charge in [0.05, 0.1) is 6.10 Å². The van der Waals surface area contributed by atoms with Gasteiger partial charge in [0.15, 0.2) is 0 Å². The highest BCUT2D eigenvalue weighted by molar-refractivity contribution is 5.56. The lowest BCUT2D eigenvalue weighted by atomic mass is 9.89. The summed E-state index contributed by atoms with van der Waals surface area (Å²) in [6.07, 6.45) is 3.99. The largest absolute Gasteiger partial charge is 0.380 e. The van der Waals surface area contributed by atoms with E-state index in [9.17, 15) is 0 Å². The van der Waals surface area contributed by atoms with Crippen LogP contribution in [0.2, 0.25) is 0 Å². The smallest absolute Gasteiger partial charge is 0.0604 e. The zero-order valence-electron chi connectivity index (χ0n) is 11.0. The Hall–Kier alpha value is -1.06. The Kier molecular flexibility index (Phi) is 3.52. The summed E-state index contributed by atoms with van der Waals surface area (Å²) in [5.41, 5.74) is 2.76. The van der Waals surface area contributed by atoms with E-state index in [0.717, 1.165) is 19.6 Å². The molecule has 1 aliphatic carbocycles. The Morgan fingerprint density at radius 1 is 1.33 bits per heavy atom. The fraction of sp³-hybridized carbons (Fsp3) is 0.600. The van der Waals surface area contributed by atoms with Crippen molar-refractivity contribution in [3.05, 3.63) is 29.8 Å². The molecule has 3 rings (SSSR count). The molecule has 1 fully saturated rings. The molecular formula is C15H22N2O. The number of rotatable bonds is 5. The lowest BCUT2D eigenvalue weighted by Gasteiger charge is -2.36. The van der Waals surface area contributed by atoms with Gasteiger partial charge in [-0.1, -0.05) is 18.2 Å². The molecule has 1 aromatic rings. The van der Waals surface area contributed by atoms with Crippen LogP contribution in [0.15, 0.2) is 24.3 Å². The van der Waals surface area contributed by atoms with Crippen molar-refractivity contribution in [2.45, 2.75) is 44.4 Å². The first kappa shape index (κ1) is 12.0. The van der Waals surface area contributed by atoms with E-state index in [4.69, 9.17) is 4.74 Å². The number of fused-ring (bicyclic) bond motifs is 1. The molecule has 0 aromatic heterocycles. The lowest BCUT2D eigenvalue weighted by molar-refractivity contribution is -0.00985. The molecule has 0 amide bonds. The minimum absolute atomic E-state index is 0.501. The average molecular weight is 246 g/mol. The lowest BCUT2D eigenvalue weighted by Crippen LogP contribution is -2.48. The Morgan fingerprint density at radius 2 is 2.17 bits per heavy atom. The standard InChI is InChI=1S/C15H22N2O/c1-2-18-14-8-12(9-14)16-10-13-7-11-5-3-4-6-15(11)17-13/h3-6,12-14,16-17H,2,7-10H2,1H3. The van der Waals surface area contributed by atoms with Crippen LogP contribution in [-0.2, 0) is 11.2 Å². The Morgan fingerprint density at radius 3 is 2.94 bits per heavy atom. The van der Waals surface area contributed by atoms with Crippen molar-refractivity contribution in [2.24, 2.45) is 0 Å². The molecule has 0 bridgehead atoms. The first-order valence-electron chi connectivity index (χ1n) is 7.04. The van der Waals surface area contributed by atoms with Crippen LogP contribution in [0.3, 0.4) is 0 Å². The fourth-order valence-corrected chi connectivity index (χ4v) is 2.91. The van der Waals surface area contributed by atoms with Crippen LogP contribution < -0.4 is 10.6 Å². The Labute approximate surface area is 109 Å². The third-order valence-corrected chi connectivity index (χ3v) is 3.99. The van der Waals surface area contributed by atoms with Crippen molar-refractivity contribution in [3.8, 4) is 0 Å². The SMILES string of the molecule is CCOC1CC(NCC2Cc3ccccc3N2)C1. The van der Waals surface area contributed by atoms with Gasteiger partial charge in [0, 0.05) is 30.9 Å². The topological polar surface area (TPSA) is 33.3 Å². The van der Waals surface area contributed by atoms with Gasteiger partial charge >= 0.3 is 0 Å². The molecule has 18 heavy (non-hydrogen) atoms. The minimum atomic E-state index is 0.501. The molecule has 2 N–H and O–H groups in total. The van der Waals surface area contributed by atoms with Gasteiger partial charge in [-0.3, -0.25) is 0 Å². The van der Waals surface area contributed by atoms with E-state index in [1.165, 1.54) is 24.1 Å². The molecule has 1 saturated carbocycles. The van der Waals surface area contributed by atoms with Crippen LogP contribution in [0.4, 0.5) is 5.69 Å². The second kappa shape index (κ2) is 5.29. The van der Waals surface area contributed by atoms with Crippen molar-refractivity contribution < 1.29 is 4.74 Å². The quantitative estimate of drug-likeness (QED) is 0.835. The van der Waals surface area contributed by atoms with Crippen LogP contribution >= 0.6 is 0 Å². The average Bonchev–Trinajstić information content (AvgIpc) is 2.74. The zero-order chi connectivity index (χ0) is 12.4. The molecule has 1 unspecified atom stereocenters. The molecule has 0 spiro atoms. The van der Waals surface area contributed by atoms with E-state index in [1.807, 2.05) is 0 Å². The Balaban J connectivity index is 1.39. The normalized spacial score (nSPS) is 29.5. The van der Waals surface area contributed by atoms with E-state index in [2.05, 4.69) is 41.8 Å². The predicted octanol–water partition coefficient (Wildman–Crippen LogP) is 2.18. The van der Waals surface area contributed by atoms with Gasteiger partial charge in [0.1, 0.15) is 0 Å². The number of hydrogen-bond acceptors (Lipinski definition) is 3.